The largest absolute Gasteiger partial charge is 0.481 e. The number of ether oxygens (including phenoxy) is 2. The van der Waals surface area contributed by atoms with Gasteiger partial charge in [-0.2, -0.15) is 9.97 Å². The van der Waals surface area contributed by atoms with Crippen molar-refractivity contribution < 1.29 is 14.6 Å². The van der Waals surface area contributed by atoms with Crippen LogP contribution < -0.4 is 14.4 Å². The van der Waals surface area contributed by atoms with Gasteiger partial charge in [-0.05, 0) is 12.8 Å². The van der Waals surface area contributed by atoms with Crippen molar-refractivity contribution in [3.05, 3.63) is 6.07 Å². The molecule has 1 aromatic heterocycles. The first kappa shape index (κ1) is 13.9. The number of aromatic nitrogens is 2. The maximum Gasteiger partial charge on any atom is 0.232 e. The van der Waals surface area contributed by atoms with Crippen LogP contribution in [0.2, 0.25) is 0 Å². The van der Waals surface area contributed by atoms with Gasteiger partial charge in [-0.3, -0.25) is 0 Å². The number of rotatable bonds is 4. The lowest BCUT2D eigenvalue weighted by Gasteiger charge is -2.28. The van der Waals surface area contributed by atoms with E-state index in [1.807, 2.05) is 0 Å². The monoisotopic (exact) mass is 267 g/mol. The first-order chi connectivity index (χ1) is 9.28. The van der Waals surface area contributed by atoms with Crippen LogP contribution in [0.3, 0.4) is 0 Å². The molecule has 0 bridgehead atoms. The van der Waals surface area contributed by atoms with E-state index in [1.165, 1.54) is 6.42 Å². The minimum Gasteiger partial charge on any atom is -0.481 e. The fraction of sp³-hybridized carbons (Fsp3) is 0.692. The topological polar surface area (TPSA) is 67.7 Å². The second-order valence-electron chi connectivity index (χ2n) is 4.63. The highest BCUT2D eigenvalue weighted by Gasteiger charge is 2.23. The minimum atomic E-state index is 0.0688. The predicted molar refractivity (Wildman–Crippen MR) is 71.8 cm³/mol. The molecule has 0 radical (unpaired) electrons. The Morgan fingerprint density at radius 2 is 1.89 bits per heavy atom. The number of nitrogens with zero attached hydrogens (tertiary/aromatic N) is 3. The van der Waals surface area contributed by atoms with Gasteiger partial charge in [0.05, 0.1) is 32.9 Å². The summed E-state index contributed by atoms with van der Waals surface area (Å²) in [6, 6.07) is 1.72. The fourth-order valence-electron chi connectivity index (χ4n) is 2.36. The van der Waals surface area contributed by atoms with Gasteiger partial charge >= 0.3 is 0 Å². The Hall–Kier alpha value is -1.56. The van der Waals surface area contributed by atoms with Crippen molar-refractivity contribution in [3.63, 3.8) is 0 Å². The molecule has 0 amide bonds. The number of methoxy groups -OCH3 is 2. The van der Waals surface area contributed by atoms with Crippen molar-refractivity contribution in [2.24, 2.45) is 0 Å². The normalized spacial score (nSPS) is 19.9. The lowest BCUT2D eigenvalue weighted by Crippen LogP contribution is -2.38. The van der Waals surface area contributed by atoms with Gasteiger partial charge in [0.25, 0.3) is 0 Å². The van der Waals surface area contributed by atoms with Crippen LogP contribution in [0.5, 0.6) is 11.8 Å². The molecule has 2 rings (SSSR count). The van der Waals surface area contributed by atoms with E-state index in [4.69, 9.17) is 9.47 Å². The summed E-state index contributed by atoms with van der Waals surface area (Å²) < 4.78 is 10.3. The summed E-state index contributed by atoms with van der Waals surface area (Å²) in [6.45, 7) is 0.963. The van der Waals surface area contributed by atoms with Gasteiger partial charge in [-0.1, -0.05) is 12.8 Å². The van der Waals surface area contributed by atoms with Crippen LogP contribution in [0, 0.1) is 0 Å². The van der Waals surface area contributed by atoms with Gasteiger partial charge in [0.15, 0.2) is 0 Å². The van der Waals surface area contributed by atoms with E-state index < -0.39 is 0 Å². The molecule has 0 saturated carbocycles. The average molecular weight is 267 g/mol. The maximum atomic E-state index is 9.54. The van der Waals surface area contributed by atoms with Crippen molar-refractivity contribution in [2.45, 2.75) is 31.7 Å². The van der Waals surface area contributed by atoms with E-state index in [9.17, 15) is 5.11 Å². The summed E-state index contributed by atoms with van der Waals surface area (Å²) in [5.74, 6) is 1.52. The molecule has 1 aromatic rings. The molecule has 1 atom stereocenters. The summed E-state index contributed by atoms with van der Waals surface area (Å²) in [5, 5.41) is 9.54. The van der Waals surface area contributed by atoms with Crippen LogP contribution in [0.15, 0.2) is 6.07 Å². The first-order valence-electron chi connectivity index (χ1n) is 6.63. The quantitative estimate of drug-likeness (QED) is 0.885. The smallest absolute Gasteiger partial charge is 0.232 e. The summed E-state index contributed by atoms with van der Waals surface area (Å²) in [4.78, 5) is 10.8. The van der Waals surface area contributed by atoms with Crippen molar-refractivity contribution in [1.82, 2.24) is 9.97 Å². The van der Waals surface area contributed by atoms with Crippen LogP contribution in [0.4, 0.5) is 5.95 Å². The van der Waals surface area contributed by atoms with Crippen molar-refractivity contribution in [2.75, 3.05) is 32.3 Å². The predicted octanol–water partition coefficient (Wildman–Crippen LogP) is 1.24. The highest BCUT2D eigenvalue weighted by atomic mass is 16.5. The molecule has 1 N–H and O–H groups in total. The second kappa shape index (κ2) is 6.56. The maximum absolute atomic E-state index is 9.54. The Bertz CT molecular complexity index is 392. The molecule has 19 heavy (non-hydrogen) atoms. The SMILES string of the molecule is COc1cc(OC)nc(N2CCCCCC2CO)n1. The third-order valence-corrected chi connectivity index (χ3v) is 3.43. The highest BCUT2D eigenvalue weighted by Crippen LogP contribution is 2.25. The van der Waals surface area contributed by atoms with E-state index >= 15 is 0 Å². The molecule has 6 nitrogen and oxygen atoms in total. The molecule has 1 saturated heterocycles. The second-order valence-corrected chi connectivity index (χ2v) is 4.63. The minimum absolute atomic E-state index is 0.0688. The summed E-state index contributed by atoms with van der Waals surface area (Å²) in [6.07, 6.45) is 4.34. The van der Waals surface area contributed by atoms with Gasteiger partial charge in [-0.15, -0.1) is 0 Å². The molecule has 0 aliphatic carbocycles. The number of hydrogen-bond donors (Lipinski definition) is 1. The molecule has 2 heterocycles. The molecule has 106 valence electrons. The van der Waals surface area contributed by atoms with Crippen LogP contribution in [0.1, 0.15) is 25.7 Å². The highest BCUT2D eigenvalue weighted by molar-refractivity contribution is 5.38. The zero-order chi connectivity index (χ0) is 13.7. The molecule has 6 heteroatoms. The lowest BCUT2D eigenvalue weighted by atomic mass is 10.1. The molecule has 1 aliphatic rings. The third kappa shape index (κ3) is 3.26. The Kier molecular flexibility index (Phi) is 4.79. The molecule has 1 aliphatic heterocycles. The molecule has 1 unspecified atom stereocenters. The van der Waals surface area contributed by atoms with Crippen LogP contribution in [0.25, 0.3) is 0 Å². The van der Waals surface area contributed by atoms with E-state index in [0.29, 0.717) is 17.7 Å². The molecule has 0 spiro atoms. The van der Waals surface area contributed by atoms with Gasteiger partial charge in [0.1, 0.15) is 0 Å². The van der Waals surface area contributed by atoms with E-state index in [0.717, 1.165) is 25.8 Å². The molecule has 1 fully saturated rings. The van der Waals surface area contributed by atoms with Gasteiger partial charge in [0.2, 0.25) is 17.7 Å². The molecular weight excluding hydrogens is 246 g/mol. The van der Waals surface area contributed by atoms with E-state index in [2.05, 4.69) is 14.9 Å². The summed E-state index contributed by atoms with van der Waals surface area (Å²) in [5.41, 5.74) is 0. The number of aliphatic hydroxyl groups is 1. The Labute approximate surface area is 113 Å². The zero-order valence-corrected chi connectivity index (χ0v) is 11.5. The molecule has 0 aromatic carbocycles. The Morgan fingerprint density at radius 3 is 2.47 bits per heavy atom. The van der Waals surface area contributed by atoms with Crippen LogP contribution >= 0.6 is 0 Å². The fourth-order valence-corrected chi connectivity index (χ4v) is 2.36. The average Bonchev–Trinajstić information content (AvgIpc) is 2.71. The Balaban J connectivity index is 2.31. The van der Waals surface area contributed by atoms with Crippen molar-refractivity contribution in [1.29, 1.82) is 0 Å². The standard InChI is InChI=1S/C13H21N3O3/c1-18-11-8-12(19-2)15-13(14-11)16-7-5-3-4-6-10(16)9-17/h8,10,17H,3-7,9H2,1-2H3. The van der Waals surface area contributed by atoms with E-state index in [1.54, 1.807) is 20.3 Å². The zero-order valence-electron chi connectivity index (χ0n) is 11.5. The first-order valence-corrected chi connectivity index (χ1v) is 6.63. The molecular formula is C13H21N3O3. The number of aliphatic hydroxyl groups excluding tert-OH is 1. The van der Waals surface area contributed by atoms with Crippen molar-refractivity contribution >= 4 is 5.95 Å². The number of hydrogen-bond acceptors (Lipinski definition) is 6. The van der Waals surface area contributed by atoms with Gasteiger partial charge in [-0.25, -0.2) is 0 Å². The summed E-state index contributed by atoms with van der Waals surface area (Å²) in [7, 11) is 3.13. The van der Waals surface area contributed by atoms with Gasteiger partial charge < -0.3 is 19.5 Å². The summed E-state index contributed by atoms with van der Waals surface area (Å²) >= 11 is 0. The van der Waals surface area contributed by atoms with Gasteiger partial charge in [0, 0.05) is 6.54 Å². The third-order valence-electron chi connectivity index (χ3n) is 3.43. The number of anilines is 1. The van der Waals surface area contributed by atoms with Crippen LogP contribution in [-0.2, 0) is 0 Å². The lowest BCUT2D eigenvalue weighted by molar-refractivity contribution is 0.253. The van der Waals surface area contributed by atoms with Crippen LogP contribution in [-0.4, -0.2) is 48.5 Å². The van der Waals surface area contributed by atoms with Crippen molar-refractivity contribution in [3.8, 4) is 11.8 Å². The van der Waals surface area contributed by atoms with E-state index in [-0.39, 0.29) is 12.6 Å². The Morgan fingerprint density at radius 1 is 1.21 bits per heavy atom.